The predicted octanol–water partition coefficient (Wildman–Crippen LogP) is 1.19. The maximum absolute atomic E-state index is 11.5. The number of methoxy groups -OCH3 is 2. The van der Waals surface area contributed by atoms with Gasteiger partial charge in [0.2, 0.25) is 5.91 Å². The molecule has 1 aliphatic rings. The Bertz CT molecular complexity index is 524. The van der Waals surface area contributed by atoms with Crippen molar-refractivity contribution in [3.8, 4) is 11.5 Å². The van der Waals surface area contributed by atoms with Gasteiger partial charge in [0.05, 0.1) is 26.4 Å². The zero-order valence-electron chi connectivity index (χ0n) is 11.4. The van der Waals surface area contributed by atoms with Crippen LogP contribution in [0.4, 0.5) is 0 Å². The molecule has 0 saturated carbocycles. The molecule has 0 bridgehead atoms. The normalized spacial score (nSPS) is 13.3. The number of amides is 1. The van der Waals surface area contributed by atoms with Crippen molar-refractivity contribution in [3.63, 3.8) is 0 Å². The highest BCUT2D eigenvalue weighted by molar-refractivity contribution is 6.12. The van der Waals surface area contributed by atoms with Crippen LogP contribution in [0.3, 0.4) is 0 Å². The van der Waals surface area contributed by atoms with Crippen molar-refractivity contribution in [2.24, 2.45) is 4.99 Å². The van der Waals surface area contributed by atoms with Gasteiger partial charge in [0.1, 0.15) is 0 Å². The highest BCUT2D eigenvalue weighted by atomic mass is 16.5. The SMILES string of the molecule is CNC(=O)CC1=NCCc2cc(OC)c(OC)cc21. The van der Waals surface area contributed by atoms with Gasteiger partial charge in [0.15, 0.2) is 11.5 Å². The standard InChI is InChI=1S/C14H18N2O3/c1-15-14(17)8-11-10-7-13(19-3)12(18-2)6-9(10)4-5-16-11/h6-7H,4-5,8H2,1-3H3,(H,15,17). The fourth-order valence-electron chi connectivity index (χ4n) is 2.18. The molecule has 5 heteroatoms. The average molecular weight is 262 g/mol. The van der Waals surface area contributed by atoms with Gasteiger partial charge in [-0.15, -0.1) is 0 Å². The van der Waals surface area contributed by atoms with Crippen LogP contribution in [0.25, 0.3) is 0 Å². The molecule has 0 saturated heterocycles. The van der Waals surface area contributed by atoms with E-state index in [1.165, 1.54) is 0 Å². The topological polar surface area (TPSA) is 59.9 Å². The Balaban J connectivity index is 2.40. The van der Waals surface area contributed by atoms with Gasteiger partial charge in [0.25, 0.3) is 0 Å². The molecular weight excluding hydrogens is 244 g/mol. The molecule has 1 amide bonds. The number of hydrogen-bond acceptors (Lipinski definition) is 4. The highest BCUT2D eigenvalue weighted by Gasteiger charge is 2.19. The first-order chi connectivity index (χ1) is 9.19. The second kappa shape index (κ2) is 5.73. The molecule has 102 valence electrons. The summed E-state index contributed by atoms with van der Waals surface area (Å²) in [5, 5.41) is 2.62. The maximum Gasteiger partial charge on any atom is 0.225 e. The van der Waals surface area contributed by atoms with Gasteiger partial charge >= 0.3 is 0 Å². The maximum atomic E-state index is 11.5. The lowest BCUT2D eigenvalue weighted by Crippen LogP contribution is -2.24. The second-order valence-corrected chi connectivity index (χ2v) is 4.29. The molecule has 0 radical (unpaired) electrons. The number of benzene rings is 1. The Kier molecular flexibility index (Phi) is 4.04. The molecular formula is C14H18N2O3. The minimum Gasteiger partial charge on any atom is -0.493 e. The van der Waals surface area contributed by atoms with Gasteiger partial charge < -0.3 is 14.8 Å². The van der Waals surface area contributed by atoms with Crippen LogP contribution in [0, 0.1) is 0 Å². The van der Waals surface area contributed by atoms with E-state index in [4.69, 9.17) is 9.47 Å². The first kappa shape index (κ1) is 13.4. The summed E-state index contributed by atoms with van der Waals surface area (Å²) in [5.74, 6) is 1.33. The van der Waals surface area contributed by atoms with Crippen LogP contribution in [-0.4, -0.2) is 39.4 Å². The molecule has 1 aromatic rings. The Labute approximate surface area is 112 Å². The van der Waals surface area contributed by atoms with Crippen molar-refractivity contribution in [1.82, 2.24) is 5.32 Å². The minimum absolute atomic E-state index is 0.0404. The Morgan fingerprint density at radius 3 is 2.63 bits per heavy atom. The lowest BCUT2D eigenvalue weighted by molar-refractivity contribution is -0.119. The van der Waals surface area contributed by atoms with Crippen LogP contribution in [0.2, 0.25) is 0 Å². The average Bonchev–Trinajstić information content (AvgIpc) is 2.45. The zero-order chi connectivity index (χ0) is 13.8. The summed E-state index contributed by atoms with van der Waals surface area (Å²) < 4.78 is 10.6. The van der Waals surface area contributed by atoms with Gasteiger partial charge in [-0.1, -0.05) is 0 Å². The molecule has 1 aliphatic heterocycles. The molecule has 0 aliphatic carbocycles. The van der Waals surface area contributed by atoms with Crippen molar-refractivity contribution in [2.45, 2.75) is 12.8 Å². The Morgan fingerprint density at radius 1 is 1.32 bits per heavy atom. The molecule has 1 heterocycles. The van der Waals surface area contributed by atoms with Crippen LogP contribution in [-0.2, 0) is 11.2 Å². The molecule has 19 heavy (non-hydrogen) atoms. The van der Waals surface area contributed by atoms with Crippen molar-refractivity contribution >= 4 is 11.6 Å². The molecule has 0 fully saturated rings. The van der Waals surface area contributed by atoms with E-state index in [2.05, 4.69) is 10.3 Å². The lowest BCUT2D eigenvalue weighted by atomic mass is 9.95. The van der Waals surface area contributed by atoms with E-state index in [0.29, 0.717) is 24.5 Å². The second-order valence-electron chi connectivity index (χ2n) is 4.29. The number of ether oxygens (including phenoxy) is 2. The lowest BCUT2D eigenvalue weighted by Gasteiger charge is -2.19. The van der Waals surface area contributed by atoms with Crippen LogP contribution < -0.4 is 14.8 Å². The number of carbonyl (C=O) groups is 1. The largest absolute Gasteiger partial charge is 0.493 e. The molecule has 5 nitrogen and oxygen atoms in total. The first-order valence-electron chi connectivity index (χ1n) is 6.18. The molecule has 0 unspecified atom stereocenters. The number of rotatable bonds is 4. The smallest absolute Gasteiger partial charge is 0.225 e. The zero-order valence-corrected chi connectivity index (χ0v) is 11.4. The van der Waals surface area contributed by atoms with E-state index < -0.39 is 0 Å². The highest BCUT2D eigenvalue weighted by Crippen LogP contribution is 2.32. The van der Waals surface area contributed by atoms with Crippen molar-refractivity contribution < 1.29 is 14.3 Å². The third kappa shape index (κ3) is 2.70. The number of hydrogen-bond donors (Lipinski definition) is 1. The summed E-state index contributed by atoms with van der Waals surface area (Å²) in [7, 11) is 4.84. The molecule has 1 N–H and O–H groups in total. The quantitative estimate of drug-likeness (QED) is 0.886. The van der Waals surface area contributed by atoms with Crippen LogP contribution >= 0.6 is 0 Å². The number of nitrogens with one attached hydrogen (secondary N) is 1. The fourth-order valence-corrected chi connectivity index (χ4v) is 2.18. The number of fused-ring (bicyclic) bond motifs is 1. The summed E-state index contributed by atoms with van der Waals surface area (Å²) in [6, 6.07) is 3.86. The van der Waals surface area contributed by atoms with Crippen molar-refractivity contribution in [2.75, 3.05) is 27.8 Å². The van der Waals surface area contributed by atoms with E-state index in [0.717, 1.165) is 23.3 Å². The van der Waals surface area contributed by atoms with E-state index >= 15 is 0 Å². The summed E-state index contributed by atoms with van der Waals surface area (Å²) in [6.07, 6.45) is 1.14. The molecule has 0 aromatic heterocycles. The first-order valence-corrected chi connectivity index (χ1v) is 6.18. The fraction of sp³-hybridized carbons (Fsp3) is 0.429. The summed E-state index contributed by atoms with van der Waals surface area (Å²) in [4.78, 5) is 16.0. The van der Waals surface area contributed by atoms with Gasteiger partial charge in [-0.05, 0) is 24.1 Å². The van der Waals surface area contributed by atoms with E-state index in [1.54, 1.807) is 21.3 Å². The van der Waals surface area contributed by atoms with Crippen LogP contribution in [0.15, 0.2) is 17.1 Å². The van der Waals surface area contributed by atoms with E-state index in [9.17, 15) is 4.79 Å². The molecule has 0 atom stereocenters. The van der Waals surface area contributed by atoms with Gasteiger partial charge in [0, 0.05) is 19.2 Å². The number of carbonyl (C=O) groups excluding carboxylic acids is 1. The van der Waals surface area contributed by atoms with Crippen LogP contribution in [0.1, 0.15) is 17.5 Å². The Morgan fingerprint density at radius 2 is 2.00 bits per heavy atom. The molecule has 2 rings (SSSR count). The van der Waals surface area contributed by atoms with Crippen molar-refractivity contribution in [3.05, 3.63) is 23.3 Å². The molecule has 0 spiro atoms. The number of aliphatic imine (C=N–C) groups is 1. The third-order valence-corrected chi connectivity index (χ3v) is 3.21. The minimum atomic E-state index is -0.0404. The predicted molar refractivity (Wildman–Crippen MR) is 73.3 cm³/mol. The van der Waals surface area contributed by atoms with E-state index in [-0.39, 0.29) is 5.91 Å². The summed E-state index contributed by atoms with van der Waals surface area (Å²) in [5.41, 5.74) is 2.93. The summed E-state index contributed by atoms with van der Waals surface area (Å²) >= 11 is 0. The Hall–Kier alpha value is -2.04. The van der Waals surface area contributed by atoms with Gasteiger partial charge in [-0.2, -0.15) is 0 Å². The summed E-state index contributed by atoms with van der Waals surface area (Å²) in [6.45, 7) is 0.703. The molecule has 1 aromatic carbocycles. The van der Waals surface area contributed by atoms with Crippen molar-refractivity contribution in [1.29, 1.82) is 0 Å². The van der Waals surface area contributed by atoms with E-state index in [1.807, 2.05) is 12.1 Å². The third-order valence-electron chi connectivity index (χ3n) is 3.21. The van der Waals surface area contributed by atoms with Crippen LogP contribution in [0.5, 0.6) is 11.5 Å². The number of nitrogens with zero attached hydrogens (tertiary/aromatic N) is 1. The monoisotopic (exact) mass is 262 g/mol. The van der Waals surface area contributed by atoms with Gasteiger partial charge in [-0.3, -0.25) is 9.79 Å². The van der Waals surface area contributed by atoms with Gasteiger partial charge in [-0.25, -0.2) is 0 Å².